The largest absolute Gasteiger partial charge is 0.368 e. The van der Waals surface area contributed by atoms with Gasteiger partial charge in [-0.2, -0.15) is 0 Å². The van der Waals surface area contributed by atoms with E-state index < -0.39 is 17.8 Å². The molecule has 0 saturated carbocycles. The van der Waals surface area contributed by atoms with Crippen LogP contribution in [0.5, 0.6) is 0 Å². The van der Waals surface area contributed by atoms with Crippen molar-refractivity contribution in [3.05, 3.63) is 35.6 Å². The van der Waals surface area contributed by atoms with Gasteiger partial charge in [-0.25, -0.2) is 4.39 Å². The van der Waals surface area contributed by atoms with Crippen LogP contribution in [-0.2, 0) is 4.79 Å². The Morgan fingerprint density at radius 2 is 2.00 bits per heavy atom. The first-order valence-electron chi connectivity index (χ1n) is 3.42. The van der Waals surface area contributed by atoms with Crippen LogP contribution in [0.2, 0.25) is 0 Å². The Morgan fingerprint density at radius 3 is 2.50 bits per heavy atom. The van der Waals surface area contributed by atoms with Crippen molar-refractivity contribution in [1.82, 2.24) is 0 Å². The third kappa shape index (κ3) is 1.60. The summed E-state index contributed by atoms with van der Waals surface area (Å²) in [4.78, 5) is 10.6. The average molecular weight is 168 g/mol. The van der Waals surface area contributed by atoms with Crippen molar-refractivity contribution in [1.29, 1.82) is 0 Å². The van der Waals surface area contributed by atoms with Gasteiger partial charge in [0.2, 0.25) is 5.91 Å². The van der Waals surface area contributed by atoms with Gasteiger partial charge >= 0.3 is 0 Å². The van der Waals surface area contributed by atoms with Crippen LogP contribution in [-0.4, -0.2) is 5.91 Å². The third-order valence-electron chi connectivity index (χ3n) is 1.55. The number of rotatable bonds is 2. The van der Waals surface area contributed by atoms with Gasteiger partial charge in [0.05, 0.1) is 0 Å². The molecular formula is C8H9FN2O. The zero-order valence-corrected chi connectivity index (χ0v) is 6.33. The molecule has 12 heavy (non-hydrogen) atoms. The van der Waals surface area contributed by atoms with E-state index in [1.54, 1.807) is 6.07 Å². The number of benzene rings is 1. The molecule has 0 saturated heterocycles. The first-order chi connectivity index (χ1) is 5.63. The van der Waals surface area contributed by atoms with Gasteiger partial charge in [0.25, 0.3) is 0 Å². The van der Waals surface area contributed by atoms with E-state index in [2.05, 4.69) is 0 Å². The highest BCUT2D eigenvalue weighted by molar-refractivity contribution is 5.81. The van der Waals surface area contributed by atoms with Crippen molar-refractivity contribution in [2.75, 3.05) is 0 Å². The highest BCUT2D eigenvalue weighted by Gasteiger charge is 2.15. The number of halogens is 1. The smallest absolute Gasteiger partial charge is 0.239 e. The van der Waals surface area contributed by atoms with E-state index in [0.29, 0.717) is 0 Å². The summed E-state index contributed by atoms with van der Waals surface area (Å²) >= 11 is 0. The van der Waals surface area contributed by atoms with Gasteiger partial charge < -0.3 is 11.5 Å². The Balaban J connectivity index is 3.02. The Bertz CT molecular complexity index is 301. The fourth-order valence-electron chi connectivity index (χ4n) is 0.881. The quantitative estimate of drug-likeness (QED) is 0.667. The fraction of sp³-hybridized carbons (Fsp3) is 0.125. The molecule has 0 spiro atoms. The van der Waals surface area contributed by atoms with Crippen molar-refractivity contribution in [3.63, 3.8) is 0 Å². The van der Waals surface area contributed by atoms with Crippen molar-refractivity contribution >= 4 is 5.91 Å². The lowest BCUT2D eigenvalue weighted by molar-refractivity contribution is -0.119. The number of carbonyl (C=O) groups is 1. The summed E-state index contributed by atoms with van der Waals surface area (Å²) in [7, 11) is 0. The van der Waals surface area contributed by atoms with Crippen molar-refractivity contribution in [2.24, 2.45) is 11.5 Å². The summed E-state index contributed by atoms with van der Waals surface area (Å²) in [5.74, 6) is -1.25. The Hall–Kier alpha value is -1.42. The molecule has 0 unspecified atom stereocenters. The van der Waals surface area contributed by atoms with E-state index in [1.807, 2.05) is 0 Å². The van der Waals surface area contributed by atoms with Gasteiger partial charge in [-0.3, -0.25) is 4.79 Å². The van der Waals surface area contributed by atoms with Gasteiger partial charge in [-0.15, -0.1) is 0 Å². The normalized spacial score (nSPS) is 12.5. The molecule has 4 N–H and O–H groups in total. The summed E-state index contributed by atoms with van der Waals surface area (Å²) in [6.45, 7) is 0. The van der Waals surface area contributed by atoms with Crippen molar-refractivity contribution < 1.29 is 9.18 Å². The first-order valence-corrected chi connectivity index (χ1v) is 3.42. The molecule has 0 aliphatic carbocycles. The summed E-state index contributed by atoms with van der Waals surface area (Å²) in [6, 6.07) is 4.72. The van der Waals surface area contributed by atoms with Gasteiger partial charge in [0.1, 0.15) is 11.9 Å². The molecule has 1 aromatic carbocycles. The van der Waals surface area contributed by atoms with E-state index in [4.69, 9.17) is 11.5 Å². The first kappa shape index (κ1) is 8.67. The summed E-state index contributed by atoms with van der Waals surface area (Å²) in [5.41, 5.74) is 10.4. The maximum atomic E-state index is 12.9. The minimum Gasteiger partial charge on any atom is -0.368 e. The monoisotopic (exact) mass is 168 g/mol. The highest BCUT2D eigenvalue weighted by atomic mass is 19.1. The molecule has 3 nitrogen and oxygen atoms in total. The number of carbonyl (C=O) groups excluding carboxylic acids is 1. The van der Waals surface area contributed by atoms with Crippen LogP contribution in [0.3, 0.4) is 0 Å². The molecule has 0 heterocycles. The van der Waals surface area contributed by atoms with E-state index in [-0.39, 0.29) is 5.56 Å². The van der Waals surface area contributed by atoms with Crippen LogP contribution in [0.25, 0.3) is 0 Å². The standard InChI is InChI=1S/C8H9FN2O/c9-6-4-2-1-3-5(6)7(10)8(11)12/h1-4,7H,10H2,(H2,11,12)/t7-/m0/s1. The second kappa shape index (κ2) is 3.32. The molecule has 0 aliphatic heterocycles. The minimum absolute atomic E-state index is 0.130. The molecule has 4 heteroatoms. The Kier molecular flexibility index (Phi) is 2.40. The van der Waals surface area contributed by atoms with Gasteiger partial charge in [-0.1, -0.05) is 18.2 Å². The van der Waals surface area contributed by atoms with E-state index in [0.717, 1.165) is 0 Å². The summed E-state index contributed by atoms with van der Waals surface area (Å²) < 4.78 is 12.9. The van der Waals surface area contributed by atoms with Crippen LogP contribution in [0.4, 0.5) is 4.39 Å². The van der Waals surface area contributed by atoms with Gasteiger partial charge in [0.15, 0.2) is 0 Å². The zero-order valence-electron chi connectivity index (χ0n) is 6.33. The van der Waals surface area contributed by atoms with Crippen LogP contribution in [0.1, 0.15) is 11.6 Å². The molecule has 1 atom stereocenters. The maximum Gasteiger partial charge on any atom is 0.239 e. The fourth-order valence-corrected chi connectivity index (χ4v) is 0.881. The van der Waals surface area contributed by atoms with Gasteiger partial charge in [0, 0.05) is 5.56 Å². The third-order valence-corrected chi connectivity index (χ3v) is 1.55. The lowest BCUT2D eigenvalue weighted by Crippen LogP contribution is -2.28. The topological polar surface area (TPSA) is 69.1 Å². The predicted molar refractivity (Wildman–Crippen MR) is 42.5 cm³/mol. The lowest BCUT2D eigenvalue weighted by Gasteiger charge is -2.07. The van der Waals surface area contributed by atoms with Crippen molar-refractivity contribution in [2.45, 2.75) is 6.04 Å². The molecule has 0 bridgehead atoms. The van der Waals surface area contributed by atoms with E-state index in [9.17, 15) is 9.18 Å². The second-order valence-corrected chi connectivity index (χ2v) is 2.40. The minimum atomic E-state index is -1.06. The molecule has 1 amide bonds. The predicted octanol–water partition coefficient (Wildman–Crippen LogP) is 0.311. The summed E-state index contributed by atoms with van der Waals surface area (Å²) in [6.07, 6.45) is 0. The SMILES string of the molecule is NC(=O)[C@@H](N)c1ccccc1F. The average Bonchev–Trinajstić information content (AvgIpc) is 2.04. The molecular weight excluding hydrogens is 159 g/mol. The molecule has 1 aromatic rings. The van der Waals surface area contributed by atoms with Crippen LogP contribution >= 0.6 is 0 Å². The Labute approximate surface area is 69.2 Å². The number of hydrogen-bond acceptors (Lipinski definition) is 2. The number of amides is 1. The van der Waals surface area contributed by atoms with Crippen LogP contribution in [0.15, 0.2) is 24.3 Å². The zero-order chi connectivity index (χ0) is 9.14. The van der Waals surface area contributed by atoms with Crippen LogP contribution < -0.4 is 11.5 Å². The van der Waals surface area contributed by atoms with Crippen LogP contribution in [0, 0.1) is 5.82 Å². The van der Waals surface area contributed by atoms with Crippen molar-refractivity contribution in [3.8, 4) is 0 Å². The second-order valence-electron chi connectivity index (χ2n) is 2.40. The molecule has 0 radical (unpaired) electrons. The lowest BCUT2D eigenvalue weighted by atomic mass is 10.1. The molecule has 0 aliphatic rings. The number of nitrogens with two attached hydrogens (primary N) is 2. The number of hydrogen-bond donors (Lipinski definition) is 2. The van der Waals surface area contributed by atoms with E-state index >= 15 is 0 Å². The molecule has 0 fully saturated rings. The van der Waals surface area contributed by atoms with E-state index in [1.165, 1.54) is 18.2 Å². The number of primary amides is 1. The molecule has 1 rings (SSSR count). The molecule has 64 valence electrons. The molecule has 0 aromatic heterocycles. The highest BCUT2D eigenvalue weighted by Crippen LogP contribution is 2.13. The summed E-state index contributed by atoms with van der Waals surface area (Å²) in [5, 5.41) is 0. The Morgan fingerprint density at radius 1 is 1.42 bits per heavy atom. The maximum absolute atomic E-state index is 12.9. The van der Waals surface area contributed by atoms with Gasteiger partial charge in [-0.05, 0) is 6.07 Å².